The number of rotatable bonds is 5. The lowest BCUT2D eigenvalue weighted by molar-refractivity contribution is 0.0263. The standard InChI is InChI=1S/C21H34N4O2.HI/c1-6-27-18-10-12-25(13-11-18)20(22-5)23-15-16-8-7-9-17(14-16)19(26)24-21(2,3)4;/h7-9,14,18H,6,10-13,15H2,1-5H3,(H,22,23)(H,24,26);1H. The maximum atomic E-state index is 12.4. The van der Waals surface area contributed by atoms with Crippen molar-refractivity contribution in [3.8, 4) is 0 Å². The number of piperidine rings is 1. The smallest absolute Gasteiger partial charge is 0.251 e. The highest BCUT2D eigenvalue weighted by Gasteiger charge is 2.21. The molecule has 0 radical (unpaired) electrons. The summed E-state index contributed by atoms with van der Waals surface area (Å²) in [7, 11) is 1.81. The average molecular weight is 502 g/mol. The van der Waals surface area contributed by atoms with Crippen LogP contribution in [0.2, 0.25) is 0 Å². The van der Waals surface area contributed by atoms with Gasteiger partial charge >= 0.3 is 0 Å². The minimum Gasteiger partial charge on any atom is -0.378 e. The molecule has 0 aliphatic carbocycles. The van der Waals surface area contributed by atoms with Gasteiger partial charge in [-0.2, -0.15) is 0 Å². The zero-order valence-corrected chi connectivity index (χ0v) is 20.1. The maximum Gasteiger partial charge on any atom is 0.251 e. The summed E-state index contributed by atoms with van der Waals surface area (Å²) in [5.41, 5.74) is 1.49. The fourth-order valence-electron chi connectivity index (χ4n) is 3.22. The Bertz CT molecular complexity index is 650. The van der Waals surface area contributed by atoms with Crippen LogP contribution in [-0.2, 0) is 11.3 Å². The van der Waals surface area contributed by atoms with Crippen LogP contribution in [0.15, 0.2) is 29.3 Å². The van der Waals surface area contributed by atoms with Gasteiger partial charge in [0.2, 0.25) is 0 Å². The van der Waals surface area contributed by atoms with E-state index in [0.717, 1.165) is 44.1 Å². The Morgan fingerprint density at radius 1 is 1.29 bits per heavy atom. The molecule has 0 bridgehead atoms. The number of hydrogen-bond acceptors (Lipinski definition) is 3. The number of guanidine groups is 1. The number of hydrogen-bond donors (Lipinski definition) is 2. The van der Waals surface area contributed by atoms with Gasteiger partial charge in [-0.15, -0.1) is 24.0 Å². The second-order valence-electron chi connectivity index (χ2n) is 7.95. The van der Waals surface area contributed by atoms with E-state index in [2.05, 4.69) is 20.5 Å². The number of amides is 1. The van der Waals surface area contributed by atoms with E-state index >= 15 is 0 Å². The molecule has 1 aliphatic heterocycles. The van der Waals surface area contributed by atoms with Gasteiger partial charge in [0, 0.05) is 44.4 Å². The highest BCUT2D eigenvalue weighted by atomic mass is 127. The first kappa shape index (κ1) is 24.7. The zero-order valence-electron chi connectivity index (χ0n) is 17.7. The third-order valence-corrected chi connectivity index (χ3v) is 4.48. The van der Waals surface area contributed by atoms with Gasteiger partial charge in [0.15, 0.2) is 5.96 Å². The topological polar surface area (TPSA) is 66.0 Å². The Labute approximate surface area is 186 Å². The normalized spacial score (nSPS) is 15.8. The fraction of sp³-hybridized carbons (Fsp3) is 0.619. The molecule has 0 unspecified atom stereocenters. The third kappa shape index (κ3) is 7.95. The van der Waals surface area contributed by atoms with Crippen molar-refractivity contribution in [2.45, 2.75) is 58.7 Å². The van der Waals surface area contributed by atoms with Crippen LogP contribution in [-0.4, -0.2) is 55.2 Å². The highest BCUT2D eigenvalue weighted by molar-refractivity contribution is 14.0. The summed E-state index contributed by atoms with van der Waals surface area (Å²) in [5.74, 6) is 0.848. The predicted molar refractivity (Wildman–Crippen MR) is 125 cm³/mol. The summed E-state index contributed by atoms with van der Waals surface area (Å²) in [6.45, 7) is 11.3. The Balaban J connectivity index is 0.00000392. The summed E-state index contributed by atoms with van der Waals surface area (Å²) in [5, 5.41) is 6.42. The number of benzene rings is 1. The van der Waals surface area contributed by atoms with E-state index in [-0.39, 0.29) is 35.4 Å². The first-order valence-electron chi connectivity index (χ1n) is 9.81. The zero-order chi connectivity index (χ0) is 19.9. The van der Waals surface area contributed by atoms with Crippen molar-refractivity contribution in [3.05, 3.63) is 35.4 Å². The number of nitrogens with zero attached hydrogens (tertiary/aromatic N) is 2. The molecule has 1 fully saturated rings. The van der Waals surface area contributed by atoms with E-state index in [0.29, 0.717) is 18.2 Å². The number of carbonyl (C=O) groups is 1. The van der Waals surface area contributed by atoms with Crippen LogP contribution in [0.5, 0.6) is 0 Å². The first-order valence-corrected chi connectivity index (χ1v) is 9.81. The predicted octanol–water partition coefficient (Wildman–Crippen LogP) is 3.41. The molecule has 1 heterocycles. The molecule has 158 valence electrons. The van der Waals surface area contributed by atoms with Gasteiger partial charge < -0.3 is 20.3 Å². The molecule has 1 aliphatic rings. The maximum absolute atomic E-state index is 12.4. The third-order valence-electron chi connectivity index (χ3n) is 4.48. The Kier molecular flexibility index (Phi) is 10.2. The lowest BCUT2D eigenvalue weighted by atomic mass is 10.1. The van der Waals surface area contributed by atoms with E-state index in [1.54, 1.807) is 0 Å². The van der Waals surface area contributed by atoms with Crippen LogP contribution >= 0.6 is 24.0 Å². The summed E-state index contributed by atoms with van der Waals surface area (Å²) in [6, 6.07) is 7.72. The van der Waals surface area contributed by atoms with Gasteiger partial charge in [-0.1, -0.05) is 12.1 Å². The van der Waals surface area contributed by atoms with Crippen LogP contribution in [0.1, 0.15) is 56.5 Å². The molecule has 0 atom stereocenters. The number of aliphatic imine (C=N–C) groups is 1. The average Bonchev–Trinajstić information content (AvgIpc) is 2.62. The number of halogens is 1. The summed E-state index contributed by atoms with van der Waals surface area (Å²) in [4.78, 5) is 19.0. The van der Waals surface area contributed by atoms with Crippen LogP contribution in [0, 0.1) is 0 Å². The van der Waals surface area contributed by atoms with E-state index in [4.69, 9.17) is 4.74 Å². The van der Waals surface area contributed by atoms with E-state index in [1.165, 1.54) is 0 Å². The minimum atomic E-state index is -0.249. The highest BCUT2D eigenvalue weighted by Crippen LogP contribution is 2.14. The van der Waals surface area contributed by atoms with Gasteiger partial charge in [-0.25, -0.2) is 0 Å². The van der Waals surface area contributed by atoms with Gasteiger partial charge in [0.05, 0.1) is 6.10 Å². The molecule has 0 saturated carbocycles. The molecule has 0 aromatic heterocycles. The van der Waals surface area contributed by atoms with Crippen molar-refractivity contribution >= 4 is 35.8 Å². The largest absolute Gasteiger partial charge is 0.378 e. The molecule has 0 spiro atoms. The number of carbonyl (C=O) groups excluding carboxylic acids is 1. The number of likely N-dealkylation sites (tertiary alicyclic amines) is 1. The van der Waals surface area contributed by atoms with Crippen LogP contribution in [0.4, 0.5) is 0 Å². The van der Waals surface area contributed by atoms with Gasteiger partial charge in [-0.05, 0) is 58.2 Å². The second kappa shape index (κ2) is 11.6. The van der Waals surface area contributed by atoms with Crippen LogP contribution in [0.25, 0.3) is 0 Å². The van der Waals surface area contributed by atoms with Crippen molar-refractivity contribution in [2.75, 3.05) is 26.7 Å². The van der Waals surface area contributed by atoms with Crippen molar-refractivity contribution < 1.29 is 9.53 Å². The second-order valence-corrected chi connectivity index (χ2v) is 7.95. The van der Waals surface area contributed by atoms with Crippen molar-refractivity contribution in [1.29, 1.82) is 0 Å². The Morgan fingerprint density at radius 3 is 2.54 bits per heavy atom. The van der Waals surface area contributed by atoms with Gasteiger partial charge in [-0.3, -0.25) is 9.79 Å². The lowest BCUT2D eigenvalue weighted by Gasteiger charge is -2.34. The monoisotopic (exact) mass is 502 g/mol. The van der Waals surface area contributed by atoms with Crippen LogP contribution in [0.3, 0.4) is 0 Å². The fourth-order valence-corrected chi connectivity index (χ4v) is 3.22. The van der Waals surface area contributed by atoms with E-state index in [1.807, 2.05) is 59.0 Å². The molecule has 28 heavy (non-hydrogen) atoms. The molecular weight excluding hydrogens is 467 g/mol. The summed E-state index contributed by atoms with van der Waals surface area (Å²) in [6.07, 6.45) is 2.41. The van der Waals surface area contributed by atoms with Gasteiger partial charge in [0.25, 0.3) is 5.91 Å². The molecule has 1 saturated heterocycles. The summed E-state index contributed by atoms with van der Waals surface area (Å²) < 4.78 is 5.72. The van der Waals surface area contributed by atoms with Crippen molar-refractivity contribution in [2.24, 2.45) is 4.99 Å². The molecule has 1 aromatic rings. The lowest BCUT2D eigenvalue weighted by Crippen LogP contribution is -2.46. The Morgan fingerprint density at radius 2 is 1.96 bits per heavy atom. The van der Waals surface area contributed by atoms with Gasteiger partial charge in [0.1, 0.15) is 0 Å². The van der Waals surface area contributed by atoms with Crippen LogP contribution < -0.4 is 10.6 Å². The Hall–Kier alpha value is -1.35. The summed E-state index contributed by atoms with van der Waals surface area (Å²) >= 11 is 0. The first-order chi connectivity index (χ1) is 12.8. The molecule has 6 nitrogen and oxygen atoms in total. The molecule has 2 N–H and O–H groups in total. The number of nitrogens with one attached hydrogen (secondary N) is 2. The molecule has 7 heteroatoms. The number of ether oxygens (including phenoxy) is 1. The molecule has 2 rings (SSSR count). The van der Waals surface area contributed by atoms with E-state index < -0.39 is 0 Å². The molecule has 1 amide bonds. The minimum absolute atomic E-state index is 0. The van der Waals surface area contributed by atoms with Crippen molar-refractivity contribution in [3.63, 3.8) is 0 Å². The molecular formula is C21H35IN4O2. The quantitative estimate of drug-likeness (QED) is 0.368. The van der Waals surface area contributed by atoms with Crippen molar-refractivity contribution in [1.82, 2.24) is 15.5 Å². The SMILES string of the molecule is CCOC1CCN(C(=NC)NCc2cccc(C(=O)NC(C)(C)C)c2)CC1.I. The van der Waals surface area contributed by atoms with E-state index in [9.17, 15) is 4.79 Å². The molecule has 1 aromatic carbocycles.